The SMILES string of the molecule is CN=C(NCCCc1nnc2ccccn12)NCC(c1ccco1)N1CCCC1.I. The van der Waals surface area contributed by atoms with Gasteiger partial charge in [-0.2, -0.15) is 0 Å². The Morgan fingerprint density at radius 3 is 2.80 bits per heavy atom. The van der Waals surface area contributed by atoms with E-state index < -0.39 is 0 Å². The van der Waals surface area contributed by atoms with Gasteiger partial charge in [0.1, 0.15) is 11.6 Å². The number of rotatable bonds is 8. The molecule has 1 atom stereocenters. The lowest BCUT2D eigenvalue weighted by atomic mass is 10.2. The highest BCUT2D eigenvalue weighted by Crippen LogP contribution is 2.24. The van der Waals surface area contributed by atoms with Crippen LogP contribution in [0.5, 0.6) is 0 Å². The van der Waals surface area contributed by atoms with Crippen LogP contribution in [0.2, 0.25) is 0 Å². The Labute approximate surface area is 194 Å². The average molecular weight is 523 g/mol. The van der Waals surface area contributed by atoms with Crippen molar-refractivity contribution in [3.8, 4) is 0 Å². The molecule has 1 fully saturated rings. The Bertz CT molecular complexity index is 918. The number of pyridine rings is 1. The molecule has 0 aromatic carbocycles. The Kier molecular flexibility index (Phi) is 8.50. The highest BCUT2D eigenvalue weighted by atomic mass is 127. The largest absolute Gasteiger partial charge is 0.468 e. The van der Waals surface area contributed by atoms with Gasteiger partial charge in [0, 0.05) is 32.8 Å². The molecular weight excluding hydrogens is 493 g/mol. The lowest BCUT2D eigenvalue weighted by Crippen LogP contribution is -2.43. The summed E-state index contributed by atoms with van der Waals surface area (Å²) in [4.78, 5) is 6.85. The predicted molar refractivity (Wildman–Crippen MR) is 128 cm³/mol. The van der Waals surface area contributed by atoms with Crippen molar-refractivity contribution in [3.05, 3.63) is 54.4 Å². The molecular formula is C21H30IN7O. The molecule has 0 radical (unpaired) electrons. The first-order valence-electron chi connectivity index (χ1n) is 10.4. The van der Waals surface area contributed by atoms with Gasteiger partial charge >= 0.3 is 0 Å². The summed E-state index contributed by atoms with van der Waals surface area (Å²) in [7, 11) is 1.80. The summed E-state index contributed by atoms with van der Waals surface area (Å²) in [6.45, 7) is 3.81. The van der Waals surface area contributed by atoms with E-state index in [4.69, 9.17) is 4.42 Å². The zero-order valence-electron chi connectivity index (χ0n) is 17.3. The summed E-state index contributed by atoms with van der Waals surface area (Å²) in [6.07, 6.45) is 8.07. The number of hydrogen-bond donors (Lipinski definition) is 2. The fraction of sp³-hybridized carbons (Fsp3) is 0.476. The molecule has 0 spiro atoms. The van der Waals surface area contributed by atoms with E-state index in [1.54, 1.807) is 13.3 Å². The number of aromatic nitrogens is 3. The molecule has 4 rings (SSSR count). The zero-order chi connectivity index (χ0) is 19.9. The number of guanidine groups is 1. The zero-order valence-corrected chi connectivity index (χ0v) is 19.7. The van der Waals surface area contributed by atoms with Crippen LogP contribution in [0.4, 0.5) is 0 Å². The number of aliphatic imine (C=N–C) groups is 1. The van der Waals surface area contributed by atoms with Crippen molar-refractivity contribution in [1.29, 1.82) is 0 Å². The molecule has 162 valence electrons. The monoisotopic (exact) mass is 523 g/mol. The van der Waals surface area contributed by atoms with E-state index >= 15 is 0 Å². The van der Waals surface area contributed by atoms with Gasteiger partial charge in [-0.1, -0.05) is 6.07 Å². The summed E-state index contributed by atoms with van der Waals surface area (Å²) in [5, 5.41) is 15.4. The number of likely N-dealkylation sites (tertiary alicyclic amines) is 1. The molecule has 1 saturated heterocycles. The average Bonchev–Trinajstić information content (AvgIpc) is 3.52. The van der Waals surface area contributed by atoms with Crippen LogP contribution in [0.1, 0.15) is 36.9 Å². The number of halogens is 1. The Morgan fingerprint density at radius 1 is 1.17 bits per heavy atom. The van der Waals surface area contributed by atoms with Gasteiger partial charge in [-0.3, -0.25) is 14.3 Å². The summed E-state index contributed by atoms with van der Waals surface area (Å²) in [5.41, 5.74) is 0.888. The highest BCUT2D eigenvalue weighted by molar-refractivity contribution is 14.0. The molecule has 1 aliphatic heterocycles. The maximum atomic E-state index is 5.69. The summed E-state index contributed by atoms with van der Waals surface area (Å²) < 4.78 is 7.73. The molecule has 4 heterocycles. The van der Waals surface area contributed by atoms with Crippen molar-refractivity contribution in [2.75, 3.05) is 33.2 Å². The molecule has 3 aromatic heterocycles. The van der Waals surface area contributed by atoms with Crippen LogP contribution < -0.4 is 10.6 Å². The topological polar surface area (TPSA) is 83.0 Å². The summed E-state index contributed by atoms with van der Waals surface area (Å²) in [6, 6.07) is 10.2. The van der Waals surface area contributed by atoms with Gasteiger partial charge < -0.3 is 15.1 Å². The Hall–Kier alpha value is -2.14. The molecule has 1 aliphatic rings. The number of hydrogen-bond acceptors (Lipinski definition) is 5. The minimum absolute atomic E-state index is 0. The van der Waals surface area contributed by atoms with Gasteiger partial charge in [0.2, 0.25) is 0 Å². The third-order valence-electron chi connectivity index (χ3n) is 5.39. The van der Waals surface area contributed by atoms with E-state index in [1.807, 2.05) is 34.9 Å². The first-order valence-corrected chi connectivity index (χ1v) is 10.4. The molecule has 30 heavy (non-hydrogen) atoms. The minimum atomic E-state index is 0. The highest BCUT2D eigenvalue weighted by Gasteiger charge is 2.25. The normalized spacial score (nSPS) is 15.8. The van der Waals surface area contributed by atoms with Crippen LogP contribution in [-0.4, -0.2) is 58.7 Å². The van der Waals surface area contributed by atoms with Crippen molar-refractivity contribution >= 4 is 35.6 Å². The van der Waals surface area contributed by atoms with Crippen molar-refractivity contribution in [2.24, 2.45) is 4.99 Å². The second kappa shape index (κ2) is 11.3. The first kappa shape index (κ1) is 22.5. The van der Waals surface area contributed by atoms with E-state index in [0.717, 1.165) is 62.2 Å². The van der Waals surface area contributed by atoms with Crippen LogP contribution in [0.25, 0.3) is 5.65 Å². The lowest BCUT2D eigenvalue weighted by molar-refractivity contribution is 0.215. The van der Waals surface area contributed by atoms with Crippen LogP contribution in [-0.2, 0) is 6.42 Å². The van der Waals surface area contributed by atoms with E-state index in [0.29, 0.717) is 0 Å². The molecule has 1 unspecified atom stereocenters. The maximum Gasteiger partial charge on any atom is 0.191 e. The van der Waals surface area contributed by atoms with Crippen molar-refractivity contribution < 1.29 is 4.42 Å². The molecule has 0 bridgehead atoms. The van der Waals surface area contributed by atoms with Crippen LogP contribution in [0.15, 0.2) is 52.2 Å². The first-order chi connectivity index (χ1) is 14.3. The lowest BCUT2D eigenvalue weighted by Gasteiger charge is -2.26. The Balaban J connectivity index is 0.00000256. The van der Waals surface area contributed by atoms with E-state index in [2.05, 4.69) is 36.8 Å². The van der Waals surface area contributed by atoms with Gasteiger partial charge in [-0.15, -0.1) is 34.2 Å². The van der Waals surface area contributed by atoms with Crippen LogP contribution >= 0.6 is 24.0 Å². The number of aryl methyl sites for hydroxylation is 1. The maximum absolute atomic E-state index is 5.69. The molecule has 0 saturated carbocycles. The molecule has 9 heteroatoms. The number of furan rings is 1. The number of nitrogens with one attached hydrogen (secondary N) is 2. The molecule has 0 aliphatic carbocycles. The standard InChI is InChI=1S/C21H29N7O.HI/c1-22-21(23-11-6-10-20-26-25-19-9-2-3-14-28(19)20)24-16-17(18-8-7-15-29-18)27-12-4-5-13-27;/h2-3,7-9,14-15,17H,4-6,10-13,16H2,1H3,(H2,22,23,24);1H. The van der Waals surface area contributed by atoms with E-state index in [9.17, 15) is 0 Å². The van der Waals surface area contributed by atoms with Crippen LogP contribution in [0, 0.1) is 0 Å². The smallest absolute Gasteiger partial charge is 0.191 e. The third-order valence-corrected chi connectivity index (χ3v) is 5.39. The summed E-state index contributed by atoms with van der Waals surface area (Å²) in [5.74, 6) is 2.80. The molecule has 2 N–H and O–H groups in total. The van der Waals surface area contributed by atoms with E-state index in [1.165, 1.54) is 12.8 Å². The fourth-order valence-electron chi connectivity index (χ4n) is 3.87. The second-order valence-corrected chi connectivity index (χ2v) is 7.30. The number of nitrogens with zero attached hydrogens (tertiary/aromatic N) is 5. The van der Waals surface area contributed by atoms with Gasteiger partial charge in [0.25, 0.3) is 0 Å². The Morgan fingerprint density at radius 2 is 2.03 bits per heavy atom. The van der Waals surface area contributed by atoms with Crippen molar-refractivity contribution in [1.82, 2.24) is 30.1 Å². The van der Waals surface area contributed by atoms with Gasteiger partial charge in [-0.05, 0) is 56.6 Å². The molecule has 8 nitrogen and oxygen atoms in total. The molecule has 3 aromatic rings. The summed E-state index contributed by atoms with van der Waals surface area (Å²) >= 11 is 0. The van der Waals surface area contributed by atoms with Gasteiger partial charge in [-0.25, -0.2) is 0 Å². The minimum Gasteiger partial charge on any atom is -0.468 e. The predicted octanol–water partition coefficient (Wildman–Crippen LogP) is 2.88. The van der Waals surface area contributed by atoms with E-state index in [-0.39, 0.29) is 30.0 Å². The second-order valence-electron chi connectivity index (χ2n) is 7.30. The van der Waals surface area contributed by atoms with Crippen molar-refractivity contribution in [3.63, 3.8) is 0 Å². The van der Waals surface area contributed by atoms with Crippen LogP contribution in [0.3, 0.4) is 0 Å². The van der Waals surface area contributed by atoms with Gasteiger partial charge in [0.05, 0.1) is 12.3 Å². The number of fused-ring (bicyclic) bond motifs is 1. The van der Waals surface area contributed by atoms with Crippen molar-refractivity contribution in [2.45, 2.75) is 31.7 Å². The quantitative estimate of drug-likeness (QED) is 0.205. The van der Waals surface area contributed by atoms with Gasteiger partial charge in [0.15, 0.2) is 11.6 Å². The third kappa shape index (κ3) is 5.51. The molecule has 0 amide bonds. The fourth-order valence-corrected chi connectivity index (χ4v) is 3.87.